The van der Waals surface area contributed by atoms with Gasteiger partial charge in [0.05, 0.1) is 5.56 Å². The number of hydrogen-bond acceptors (Lipinski definition) is 2. The molecule has 1 heterocycles. The molecule has 6 heteroatoms. The minimum absolute atomic E-state index is 0.103. The first-order chi connectivity index (χ1) is 18.3. The summed E-state index contributed by atoms with van der Waals surface area (Å²) in [7, 11) is 0. The maximum absolute atomic E-state index is 12.9. The molecule has 0 saturated carbocycles. The Kier molecular flexibility index (Phi) is 7.16. The second-order valence-corrected chi connectivity index (χ2v) is 10.3. The van der Waals surface area contributed by atoms with Crippen LogP contribution in [0.2, 0.25) is 0 Å². The van der Waals surface area contributed by atoms with Gasteiger partial charge >= 0.3 is 5.97 Å². The summed E-state index contributed by atoms with van der Waals surface area (Å²) >= 11 is 3.47. The van der Waals surface area contributed by atoms with Gasteiger partial charge in [-0.25, -0.2) is 4.79 Å². The minimum Gasteiger partial charge on any atom is -0.478 e. The Morgan fingerprint density at radius 3 is 2.37 bits per heavy atom. The molecule has 5 aromatic rings. The van der Waals surface area contributed by atoms with Gasteiger partial charge in [-0.1, -0.05) is 70.5 Å². The average Bonchev–Trinajstić information content (AvgIpc) is 3.16. The number of benzene rings is 4. The van der Waals surface area contributed by atoms with E-state index >= 15 is 0 Å². The quantitative estimate of drug-likeness (QED) is 0.216. The summed E-state index contributed by atoms with van der Waals surface area (Å²) in [6.45, 7) is 5.32. The van der Waals surface area contributed by atoms with Crippen LogP contribution in [0.15, 0.2) is 95.5 Å². The first kappa shape index (κ1) is 25.5. The standard InChI is InChI=1S/C32H27BrN2O3/c1-20-21(2)35(19-22-10-12-24(13-11-22)27-8-3-4-9-28(27)32(37)38)30-15-14-25(17-29(20)30)31(36)34-18-23-6-5-7-26(33)16-23/h3-17H,18-19H2,1-2H3,(H,34,36)(H,37,38). The van der Waals surface area contributed by atoms with Crippen molar-refractivity contribution in [2.45, 2.75) is 26.9 Å². The first-order valence-corrected chi connectivity index (χ1v) is 13.1. The third-order valence-corrected chi connectivity index (χ3v) is 7.50. The fraction of sp³-hybridized carbons (Fsp3) is 0.125. The van der Waals surface area contributed by atoms with Crippen LogP contribution in [0.1, 0.15) is 43.1 Å². The van der Waals surface area contributed by atoms with Crippen molar-refractivity contribution in [1.82, 2.24) is 9.88 Å². The average molecular weight is 567 g/mol. The Morgan fingerprint density at radius 1 is 0.868 bits per heavy atom. The highest BCUT2D eigenvalue weighted by molar-refractivity contribution is 9.10. The fourth-order valence-corrected chi connectivity index (χ4v) is 5.27. The number of rotatable bonds is 7. The number of nitrogens with one attached hydrogen (secondary N) is 1. The van der Waals surface area contributed by atoms with Crippen LogP contribution in [-0.4, -0.2) is 21.6 Å². The molecule has 0 spiro atoms. The smallest absolute Gasteiger partial charge is 0.336 e. The first-order valence-electron chi connectivity index (χ1n) is 12.4. The van der Waals surface area contributed by atoms with Gasteiger partial charge < -0.3 is 15.0 Å². The van der Waals surface area contributed by atoms with E-state index in [1.165, 1.54) is 0 Å². The van der Waals surface area contributed by atoms with E-state index in [4.69, 9.17) is 0 Å². The number of halogens is 1. The Labute approximate surface area is 229 Å². The minimum atomic E-state index is -0.934. The van der Waals surface area contributed by atoms with E-state index in [9.17, 15) is 14.7 Å². The molecule has 5 nitrogen and oxygen atoms in total. The van der Waals surface area contributed by atoms with E-state index < -0.39 is 5.97 Å². The van der Waals surface area contributed by atoms with Crippen LogP contribution >= 0.6 is 15.9 Å². The molecule has 0 atom stereocenters. The predicted octanol–water partition coefficient (Wildman–Crippen LogP) is 7.36. The molecule has 0 fully saturated rings. The maximum Gasteiger partial charge on any atom is 0.336 e. The largest absolute Gasteiger partial charge is 0.478 e. The van der Waals surface area contributed by atoms with Crippen molar-refractivity contribution in [3.8, 4) is 11.1 Å². The highest BCUT2D eigenvalue weighted by Crippen LogP contribution is 2.29. The molecule has 0 saturated heterocycles. The Bertz CT molecular complexity index is 1670. The van der Waals surface area contributed by atoms with Gasteiger partial charge in [-0.05, 0) is 78.1 Å². The molecule has 0 radical (unpaired) electrons. The van der Waals surface area contributed by atoms with Crippen molar-refractivity contribution >= 4 is 38.7 Å². The van der Waals surface area contributed by atoms with Crippen molar-refractivity contribution in [2.24, 2.45) is 0 Å². The second kappa shape index (κ2) is 10.7. The van der Waals surface area contributed by atoms with E-state index in [1.54, 1.807) is 12.1 Å². The molecule has 1 amide bonds. The topological polar surface area (TPSA) is 71.3 Å². The molecular weight excluding hydrogens is 540 g/mol. The van der Waals surface area contributed by atoms with Gasteiger partial charge in [-0.15, -0.1) is 0 Å². The van der Waals surface area contributed by atoms with Gasteiger partial charge in [0.2, 0.25) is 0 Å². The molecule has 2 N–H and O–H groups in total. The molecule has 4 aromatic carbocycles. The number of carbonyl (C=O) groups excluding carboxylic acids is 1. The lowest BCUT2D eigenvalue weighted by atomic mass is 9.99. The molecule has 0 aliphatic rings. The van der Waals surface area contributed by atoms with Gasteiger partial charge in [0, 0.05) is 39.7 Å². The zero-order valence-corrected chi connectivity index (χ0v) is 22.7. The molecule has 0 unspecified atom stereocenters. The van der Waals surface area contributed by atoms with E-state index in [0.29, 0.717) is 29.8 Å². The van der Waals surface area contributed by atoms with Crippen LogP contribution in [0.3, 0.4) is 0 Å². The number of hydrogen-bond donors (Lipinski definition) is 2. The van der Waals surface area contributed by atoms with Crippen LogP contribution < -0.4 is 5.32 Å². The van der Waals surface area contributed by atoms with Crippen molar-refractivity contribution < 1.29 is 14.7 Å². The summed E-state index contributed by atoms with van der Waals surface area (Å²) in [5, 5.41) is 13.6. The fourth-order valence-electron chi connectivity index (χ4n) is 4.82. The van der Waals surface area contributed by atoms with Crippen molar-refractivity contribution in [2.75, 3.05) is 0 Å². The van der Waals surface area contributed by atoms with E-state index in [1.807, 2.05) is 78.9 Å². The van der Waals surface area contributed by atoms with E-state index in [2.05, 4.69) is 39.7 Å². The van der Waals surface area contributed by atoms with Gasteiger partial charge in [-0.3, -0.25) is 4.79 Å². The Balaban J connectivity index is 1.37. The zero-order valence-electron chi connectivity index (χ0n) is 21.2. The lowest BCUT2D eigenvalue weighted by molar-refractivity contribution is 0.0697. The lowest BCUT2D eigenvalue weighted by Gasteiger charge is -2.11. The number of fused-ring (bicyclic) bond motifs is 1. The van der Waals surface area contributed by atoms with Crippen LogP contribution in [-0.2, 0) is 13.1 Å². The summed E-state index contributed by atoms with van der Waals surface area (Å²) in [4.78, 5) is 24.5. The third kappa shape index (κ3) is 5.13. The van der Waals surface area contributed by atoms with Gasteiger partial charge in [0.1, 0.15) is 0 Å². The SMILES string of the molecule is Cc1c(C)n(Cc2ccc(-c3ccccc3C(=O)O)cc2)c2ccc(C(=O)NCc3cccc(Br)c3)cc12. The summed E-state index contributed by atoms with van der Waals surface area (Å²) in [6.07, 6.45) is 0. The number of carboxylic acid groups (broad SMARTS) is 1. The van der Waals surface area contributed by atoms with Crippen LogP contribution in [0.25, 0.3) is 22.0 Å². The van der Waals surface area contributed by atoms with Gasteiger partial charge in [0.15, 0.2) is 0 Å². The molecule has 190 valence electrons. The van der Waals surface area contributed by atoms with Crippen molar-refractivity contribution in [3.05, 3.63) is 129 Å². The van der Waals surface area contributed by atoms with Crippen LogP contribution in [0.4, 0.5) is 0 Å². The number of aryl methyl sites for hydroxylation is 1. The van der Waals surface area contributed by atoms with E-state index in [0.717, 1.165) is 43.3 Å². The van der Waals surface area contributed by atoms with Gasteiger partial charge in [-0.2, -0.15) is 0 Å². The van der Waals surface area contributed by atoms with Crippen molar-refractivity contribution in [3.63, 3.8) is 0 Å². The summed E-state index contributed by atoms with van der Waals surface area (Å²) in [5.41, 5.74) is 8.01. The lowest BCUT2D eigenvalue weighted by Crippen LogP contribution is -2.22. The van der Waals surface area contributed by atoms with Crippen LogP contribution in [0.5, 0.6) is 0 Å². The van der Waals surface area contributed by atoms with Gasteiger partial charge in [0.25, 0.3) is 5.91 Å². The van der Waals surface area contributed by atoms with Crippen molar-refractivity contribution in [1.29, 1.82) is 0 Å². The Morgan fingerprint density at radius 2 is 1.63 bits per heavy atom. The number of carboxylic acids is 1. The van der Waals surface area contributed by atoms with Crippen LogP contribution in [0, 0.1) is 13.8 Å². The molecule has 5 rings (SSSR count). The summed E-state index contributed by atoms with van der Waals surface area (Å²) < 4.78 is 3.24. The number of aromatic nitrogens is 1. The normalized spacial score (nSPS) is 11.0. The highest BCUT2D eigenvalue weighted by Gasteiger charge is 2.15. The molecular formula is C32H27BrN2O3. The molecule has 0 bridgehead atoms. The molecule has 1 aromatic heterocycles. The molecule has 0 aliphatic heterocycles. The maximum atomic E-state index is 12.9. The summed E-state index contributed by atoms with van der Waals surface area (Å²) in [6, 6.07) is 28.8. The second-order valence-electron chi connectivity index (χ2n) is 9.39. The number of aromatic carboxylic acids is 1. The van der Waals surface area contributed by atoms with E-state index in [-0.39, 0.29) is 5.91 Å². The highest BCUT2D eigenvalue weighted by atomic mass is 79.9. The zero-order chi connectivity index (χ0) is 26.8. The summed E-state index contributed by atoms with van der Waals surface area (Å²) in [5.74, 6) is -1.04. The third-order valence-electron chi connectivity index (χ3n) is 7.01. The Hall–Kier alpha value is -4.16. The number of nitrogens with zero attached hydrogens (tertiary/aromatic N) is 1. The molecule has 38 heavy (non-hydrogen) atoms. The number of carbonyl (C=O) groups is 2. The monoisotopic (exact) mass is 566 g/mol. The number of amides is 1. The predicted molar refractivity (Wildman–Crippen MR) is 155 cm³/mol. The molecule has 0 aliphatic carbocycles.